The first-order valence-electron chi connectivity index (χ1n) is 8.49. The second-order valence-corrected chi connectivity index (χ2v) is 5.98. The van der Waals surface area contributed by atoms with Gasteiger partial charge < -0.3 is 10.1 Å². The molecule has 0 fully saturated rings. The van der Waals surface area contributed by atoms with E-state index in [0.29, 0.717) is 5.69 Å². The Balaban J connectivity index is 1.70. The van der Waals surface area contributed by atoms with Gasteiger partial charge in [-0.2, -0.15) is 13.2 Å². The highest BCUT2D eigenvalue weighted by Gasteiger charge is 2.30. The van der Waals surface area contributed by atoms with Crippen LogP contribution in [0.4, 0.5) is 13.2 Å². The van der Waals surface area contributed by atoms with Crippen LogP contribution in [0.5, 0.6) is 5.75 Å². The van der Waals surface area contributed by atoms with E-state index in [-0.39, 0.29) is 5.75 Å². The highest BCUT2D eigenvalue weighted by atomic mass is 19.4. The molecule has 0 aliphatic rings. The lowest BCUT2D eigenvalue weighted by Crippen LogP contribution is -2.33. The first-order valence-corrected chi connectivity index (χ1v) is 8.49. The average molecular weight is 386 g/mol. The molecule has 0 spiro atoms. The van der Waals surface area contributed by atoms with Gasteiger partial charge in [0.2, 0.25) is 0 Å². The molecule has 1 amide bonds. The van der Waals surface area contributed by atoms with E-state index < -0.39 is 30.3 Å². The van der Waals surface area contributed by atoms with Crippen LogP contribution in [0.2, 0.25) is 0 Å². The number of carbonyl (C=O) groups is 1. The summed E-state index contributed by atoms with van der Waals surface area (Å²) in [6, 6.07) is 18.5. The van der Waals surface area contributed by atoms with E-state index in [1.54, 1.807) is 18.3 Å². The number of halogens is 3. The van der Waals surface area contributed by atoms with Gasteiger partial charge in [-0.1, -0.05) is 42.5 Å². The fraction of sp³-hybridized carbons (Fsp3) is 0.143. The van der Waals surface area contributed by atoms with Crippen molar-refractivity contribution in [2.45, 2.75) is 12.2 Å². The molecule has 1 heterocycles. The van der Waals surface area contributed by atoms with Crippen LogP contribution in [0.15, 0.2) is 79.0 Å². The molecule has 0 bridgehead atoms. The predicted octanol–water partition coefficient (Wildman–Crippen LogP) is 4.39. The average Bonchev–Trinajstić information content (AvgIpc) is 2.71. The van der Waals surface area contributed by atoms with Crippen molar-refractivity contribution in [3.63, 3.8) is 0 Å². The molecule has 1 atom stereocenters. The number of benzene rings is 2. The molecule has 0 radical (unpaired) electrons. The molecule has 1 unspecified atom stereocenters. The molecule has 1 N–H and O–H groups in total. The Morgan fingerprint density at radius 1 is 1.00 bits per heavy atom. The van der Waals surface area contributed by atoms with Crippen LogP contribution in [0.1, 0.15) is 22.9 Å². The van der Waals surface area contributed by atoms with Gasteiger partial charge in [-0.3, -0.25) is 9.78 Å². The Morgan fingerprint density at radius 3 is 2.43 bits per heavy atom. The molecule has 144 valence electrons. The van der Waals surface area contributed by atoms with E-state index in [1.807, 2.05) is 36.4 Å². The first kappa shape index (κ1) is 19.4. The molecule has 28 heavy (non-hydrogen) atoms. The number of nitrogens with zero attached hydrogens (tertiary/aromatic N) is 1. The van der Waals surface area contributed by atoms with Gasteiger partial charge in [-0.15, -0.1) is 0 Å². The number of nitrogens with one attached hydrogen (secondary N) is 1. The Morgan fingerprint density at radius 2 is 1.75 bits per heavy atom. The summed E-state index contributed by atoms with van der Waals surface area (Å²) in [5.74, 6) is -0.504. The van der Waals surface area contributed by atoms with Crippen molar-refractivity contribution in [2.24, 2.45) is 0 Å². The Labute approximate surface area is 160 Å². The van der Waals surface area contributed by atoms with Crippen LogP contribution in [0.3, 0.4) is 0 Å². The summed E-state index contributed by atoms with van der Waals surface area (Å²) in [5.41, 5.74) is 0.635. The molecular weight excluding hydrogens is 369 g/mol. The number of hydrogen-bond donors (Lipinski definition) is 1. The number of ether oxygens (including phenoxy) is 1. The minimum Gasteiger partial charge on any atom is -0.484 e. The SMILES string of the molecule is O=C(COc1cccc(C(F)(F)F)c1)NC(c1ccccc1)c1ccccn1. The molecule has 0 saturated carbocycles. The number of pyridine rings is 1. The molecule has 4 nitrogen and oxygen atoms in total. The maximum absolute atomic E-state index is 12.8. The number of aromatic nitrogens is 1. The maximum Gasteiger partial charge on any atom is 0.416 e. The van der Waals surface area contributed by atoms with Crippen LogP contribution in [-0.2, 0) is 11.0 Å². The van der Waals surface area contributed by atoms with Gasteiger partial charge in [-0.05, 0) is 35.9 Å². The zero-order valence-electron chi connectivity index (χ0n) is 14.7. The second kappa shape index (κ2) is 8.56. The third kappa shape index (κ3) is 5.09. The summed E-state index contributed by atoms with van der Waals surface area (Å²) in [7, 11) is 0. The highest BCUT2D eigenvalue weighted by Crippen LogP contribution is 2.31. The summed E-state index contributed by atoms with van der Waals surface area (Å²) >= 11 is 0. The van der Waals surface area contributed by atoms with Crippen molar-refractivity contribution >= 4 is 5.91 Å². The second-order valence-electron chi connectivity index (χ2n) is 5.98. The van der Waals surface area contributed by atoms with Crippen molar-refractivity contribution < 1.29 is 22.7 Å². The van der Waals surface area contributed by atoms with E-state index in [4.69, 9.17) is 4.74 Å². The van der Waals surface area contributed by atoms with Crippen molar-refractivity contribution in [3.05, 3.63) is 95.8 Å². The van der Waals surface area contributed by atoms with Crippen LogP contribution in [0.25, 0.3) is 0 Å². The first-order chi connectivity index (χ1) is 13.4. The van der Waals surface area contributed by atoms with Gasteiger partial charge >= 0.3 is 6.18 Å². The van der Waals surface area contributed by atoms with Crippen LogP contribution >= 0.6 is 0 Å². The lowest BCUT2D eigenvalue weighted by atomic mass is 10.0. The molecule has 2 aromatic carbocycles. The standard InChI is InChI=1S/C21H17F3N2O2/c22-21(23,24)16-9-6-10-17(13-16)28-14-19(27)26-20(15-7-2-1-3-8-15)18-11-4-5-12-25-18/h1-13,20H,14H2,(H,26,27). The summed E-state index contributed by atoms with van der Waals surface area (Å²) in [5, 5.41) is 2.82. The smallest absolute Gasteiger partial charge is 0.416 e. The fourth-order valence-corrected chi connectivity index (χ4v) is 2.63. The van der Waals surface area contributed by atoms with Gasteiger partial charge in [0.1, 0.15) is 5.75 Å². The zero-order valence-corrected chi connectivity index (χ0v) is 14.7. The van der Waals surface area contributed by atoms with Gasteiger partial charge in [0.25, 0.3) is 5.91 Å². The predicted molar refractivity (Wildman–Crippen MR) is 97.6 cm³/mol. The van der Waals surface area contributed by atoms with E-state index in [1.165, 1.54) is 12.1 Å². The van der Waals surface area contributed by atoms with Gasteiger partial charge in [0.05, 0.1) is 17.3 Å². The van der Waals surface area contributed by atoms with Crippen LogP contribution in [0, 0.1) is 0 Å². The summed E-state index contributed by atoms with van der Waals surface area (Å²) in [6.45, 7) is -0.419. The Kier molecular flexibility index (Phi) is 5.93. The summed E-state index contributed by atoms with van der Waals surface area (Å²) in [6.07, 6.45) is -2.85. The lowest BCUT2D eigenvalue weighted by molar-refractivity contribution is -0.137. The molecule has 1 aromatic heterocycles. The van der Waals surface area contributed by atoms with Gasteiger partial charge in [0.15, 0.2) is 6.61 Å². The van der Waals surface area contributed by atoms with Crippen LogP contribution in [-0.4, -0.2) is 17.5 Å². The Hall–Kier alpha value is -3.35. The molecule has 0 aliphatic heterocycles. The van der Waals surface area contributed by atoms with Gasteiger partial charge in [0, 0.05) is 6.20 Å². The van der Waals surface area contributed by atoms with Crippen molar-refractivity contribution in [1.82, 2.24) is 10.3 Å². The van der Waals surface area contributed by atoms with E-state index in [2.05, 4.69) is 10.3 Å². The number of hydrogen-bond acceptors (Lipinski definition) is 3. The summed E-state index contributed by atoms with van der Waals surface area (Å²) in [4.78, 5) is 16.7. The fourth-order valence-electron chi connectivity index (χ4n) is 2.63. The maximum atomic E-state index is 12.8. The molecule has 7 heteroatoms. The van der Waals surface area contributed by atoms with Crippen LogP contribution < -0.4 is 10.1 Å². The monoisotopic (exact) mass is 386 g/mol. The minimum atomic E-state index is -4.47. The molecule has 0 aliphatic carbocycles. The molecule has 0 saturated heterocycles. The highest BCUT2D eigenvalue weighted by molar-refractivity contribution is 5.78. The molecule has 3 aromatic rings. The Bertz CT molecular complexity index is 876. The minimum absolute atomic E-state index is 0.0286. The third-order valence-electron chi connectivity index (χ3n) is 3.95. The van der Waals surface area contributed by atoms with Crippen molar-refractivity contribution in [2.75, 3.05) is 6.61 Å². The van der Waals surface area contributed by atoms with Gasteiger partial charge in [-0.25, -0.2) is 0 Å². The van der Waals surface area contributed by atoms with Crippen molar-refractivity contribution in [1.29, 1.82) is 0 Å². The largest absolute Gasteiger partial charge is 0.484 e. The zero-order chi connectivity index (χ0) is 20.0. The number of alkyl halides is 3. The van der Waals surface area contributed by atoms with E-state index >= 15 is 0 Å². The third-order valence-corrected chi connectivity index (χ3v) is 3.95. The molecular formula is C21H17F3N2O2. The molecule has 3 rings (SSSR count). The number of rotatable bonds is 6. The number of carbonyl (C=O) groups excluding carboxylic acids is 1. The van der Waals surface area contributed by atoms with E-state index in [0.717, 1.165) is 17.7 Å². The lowest BCUT2D eigenvalue weighted by Gasteiger charge is -2.19. The summed E-state index contributed by atoms with van der Waals surface area (Å²) < 4.78 is 43.6. The normalized spacial score (nSPS) is 12.2. The quantitative estimate of drug-likeness (QED) is 0.684. The topological polar surface area (TPSA) is 51.2 Å². The van der Waals surface area contributed by atoms with E-state index in [9.17, 15) is 18.0 Å². The van der Waals surface area contributed by atoms with Crippen molar-refractivity contribution in [3.8, 4) is 5.75 Å². The number of amides is 1.